The number of hydrogen-bond acceptors (Lipinski definition) is 1. The predicted molar refractivity (Wildman–Crippen MR) is 84.5 cm³/mol. The maximum atomic E-state index is 3.57. The zero-order chi connectivity index (χ0) is 12.1. The molecule has 0 unspecified atom stereocenters. The van der Waals surface area contributed by atoms with Crippen LogP contribution in [0, 0.1) is 0 Å². The Balaban J connectivity index is 2.35. The highest BCUT2D eigenvalue weighted by atomic mass is 79.9. The lowest BCUT2D eigenvalue weighted by Crippen LogP contribution is -1.74. The lowest BCUT2D eigenvalue weighted by molar-refractivity contribution is 1.74. The van der Waals surface area contributed by atoms with E-state index in [9.17, 15) is 0 Å². The third kappa shape index (κ3) is 1.43. The molecule has 2 heteroatoms. The topological polar surface area (TPSA) is 0 Å². The average Bonchev–Trinajstić information content (AvgIpc) is 2.77. The van der Waals surface area contributed by atoms with Crippen LogP contribution in [-0.4, -0.2) is 0 Å². The molecule has 0 saturated heterocycles. The fourth-order valence-electron chi connectivity index (χ4n) is 2.52. The minimum absolute atomic E-state index is 1.14. The van der Waals surface area contributed by atoms with Crippen LogP contribution in [0.4, 0.5) is 0 Å². The van der Waals surface area contributed by atoms with Crippen LogP contribution in [0.1, 0.15) is 0 Å². The summed E-state index contributed by atoms with van der Waals surface area (Å²) in [6.07, 6.45) is 0. The second-order valence-corrected chi connectivity index (χ2v) is 6.40. The zero-order valence-corrected chi connectivity index (χ0v) is 11.9. The molecule has 4 aromatic rings. The van der Waals surface area contributed by atoms with E-state index >= 15 is 0 Å². The lowest BCUT2D eigenvalue weighted by Gasteiger charge is -2.01. The summed E-state index contributed by atoms with van der Waals surface area (Å²) >= 11 is 5.44. The van der Waals surface area contributed by atoms with Gasteiger partial charge in [0.25, 0.3) is 0 Å². The Bertz CT molecular complexity index is 889. The molecule has 4 rings (SSSR count). The quantitative estimate of drug-likeness (QED) is 0.375. The van der Waals surface area contributed by atoms with Crippen molar-refractivity contribution in [3.05, 3.63) is 59.1 Å². The second kappa shape index (κ2) is 3.81. The van der Waals surface area contributed by atoms with E-state index in [0.29, 0.717) is 0 Å². The van der Waals surface area contributed by atoms with Crippen LogP contribution in [0.25, 0.3) is 30.9 Å². The van der Waals surface area contributed by atoms with E-state index < -0.39 is 0 Å². The Labute approximate surface area is 117 Å². The van der Waals surface area contributed by atoms with Gasteiger partial charge in [-0.25, -0.2) is 0 Å². The van der Waals surface area contributed by atoms with Crippen LogP contribution < -0.4 is 0 Å². The van der Waals surface area contributed by atoms with Gasteiger partial charge in [-0.05, 0) is 35.0 Å². The van der Waals surface area contributed by atoms with Gasteiger partial charge in [-0.15, -0.1) is 11.3 Å². The van der Waals surface area contributed by atoms with Crippen molar-refractivity contribution in [2.24, 2.45) is 0 Å². The summed E-state index contributed by atoms with van der Waals surface area (Å²) in [4.78, 5) is 0. The molecule has 0 aliphatic heterocycles. The number of hydrogen-bond donors (Lipinski definition) is 0. The van der Waals surface area contributed by atoms with Gasteiger partial charge in [-0.1, -0.05) is 46.3 Å². The summed E-state index contributed by atoms with van der Waals surface area (Å²) in [6.45, 7) is 0. The van der Waals surface area contributed by atoms with Crippen LogP contribution >= 0.6 is 27.3 Å². The van der Waals surface area contributed by atoms with Crippen LogP contribution in [-0.2, 0) is 0 Å². The standard InChI is InChI=1S/C16H9BrS/c17-11-7-5-10-6-8-15-16(13(10)9-11)12-3-1-2-4-14(12)18-15/h1-9H. The second-order valence-electron chi connectivity index (χ2n) is 4.40. The molecule has 0 amide bonds. The van der Waals surface area contributed by atoms with E-state index in [4.69, 9.17) is 0 Å². The number of halogens is 1. The van der Waals surface area contributed by atoms with Crippen molar-refractivity contribution >= 4 is 58.2 Å². The number of rotatable bonds is 0. The van der Waals surface area contributed by atoms with Crippen molar-refractivity contribution in [1.82, 2.24) is 0 Å². The monoisotopic (exact) mass is 312 g/mol. The Hall–Kier alpha value is -1.38. The summed E-state index contributed by atoms with van der Waals surface area (Å²) < 4.78 is 3.86. The molecule has 18 heavy (non-hydrogen) atoms. The summed E-state index contributed by atoms with van der Waals surface area (Å²) in [5, 5.41) is 5.38. The molecule has 0 atom stereocenters. The molecule has 0 N–H and O–H groups in total. The molecule has 0 spiro atoms. The molecule has 0 radical (unpaired) electrons. The van der Waals surface area contributed by atoms with E-state index in [-0.39, 0.29) is 0 Å². The molecule has 0 bridgehead atoms. The first-order valence-corrected chi connectivity index (χ1v) is 7.43. The van der Waals surface area contributed by atoms with Crippen LogP contribution in [0.3, 0.4) is 0 Å². The summed E-state index contributed by atoms with van der Waals surface area (Å²) in [5.74, 6) is 0. The summed E-state index contributed by atoms with van der Waals surface area (Å²) in [7, 11) is 0. The average molecular weight is 313 g/mol. The molecule has 0 saturated carbocycles. The highest BCUT2D eigenvalue weighted by Gasteiger charge is 2.08. The first-order valence-electron chi connectivity index (χ1n) is 5.82. The van der Waals surface area contributed by atoms with Crippen molar-refractivity contribution in [1.29, 1.82) is 0 Å². The van der Waals surface area contributed by atoms with E-state index in [2.05, 4.69) is 70.5 Å². The van der Waals surface area contributed by atoms with Gasteiger partial charge in [0.05, 0.1) is 0 Å². The molecule has 0 aliphatic carbocycles. The van der Waals surface area contributed by atoms with Crippen molar-refractivity contribution in [2.75, 3.05) is 0 Å². The third-order valence-corrected chi connectivity index (χ3v) is 4.95. The molecule has 1 aromatic heterocycles. The van der Waals surface area contributed by atoms with Crippen molar-refractivity contribution in [2.45, 2.75) is 0 Å². The number of fused-ring (bicyclic) bond motifs is 5. The van der Waals surface area contributed by atoms with Gasteiger partial charge in [0.15, 0.2) is 0 Å². The first kappa shape index (κ1) is 10.5. The summed E-state index contributed by atoms with van der Waals surface area (Å²) in [6, 6.07) is 19.6. The van der Waals surface area contributed by atoms with Gasteiger partial charge in [-0.3, -0.25) is 0 Å². The van der Waals surface area contributed by atoms with Crippen LogP contribution in [0.2, 0.25) is 0 Å². The van der Waals surface area contributed by atoms with Crippen LogP contribution in [0.5, 0.6) is 0 Å². The predicted octanol–water partition coefficient (Wildman–Crippen LogP) is 5.97. The SMILES string of the molecule is Brc1ccc2ccc3sc4ccccc4c3c2c1. The van der Waals surface area contributed by atoms with Gasteiger partial charge in [0.2, 0.25) is 0 Å². The maximum absolute atomic E-state index is 3.57. The van der Waals surface area contributed by atoms with Crippen molar-refractivity contribution < 1.29 is 0 Å². The van der Waals surface area contributed by atoms with Crippen molar-refractivity contribution in [3.8, 4) is 0 Å². The molecule has 3 aromatic carbocycles. The van der Waals surface area contributed by atoms with Gasteiger partial charge in [0, 0.05) is 24.6 Å². The van der Waals surface area contributed by atoms with Crippen molar-refractivity contribution in [3.63, 3.8) is 0 Å². The largest absolute Gasteiger partial charge is 0.135 e. The van der Waals surface area contributed by atoms with E-state index in [1.165, 1.54) is 30.9 Å². The Kier molecular flexibility index (Phi) is 2.23. The van der Waals surface area contributed by atoms with Gasteiger partial charge in [-0.2, -0.15) is 0 Å². The molecule has 0 aliphatic rings. The van der Waals surface area contributed by atoms with E-state index in [1.54, 1.807) is 0 Å². The Morgan fingerprint density at radius 3 is 2.56 bits per heavy atom. The van der Waals surface area contributed by atoms with Gasteiger partial charge < -0.3 is 0 Å². The molecule has 86 valence electrons. The fourth-order valence-corrected chi connectivity index (χ4v) is 4.00. The zero-order valence-electron chi connectivity index (χ0n) is 9.48. The van der Waals surface area contributed by atoms with Crippen LogP contribution in [0.15, 0.2) is 59.1 Å². The minimum Gasteiger partial charge on any atom is -0.135 e. The fraction of sp³-hybridized carbons (Fsp3) is 0. The molecular formula is C16H9BrS. The molecule has 0 fully saturated rings. The van der Waals surface area contributed by atoms with Gasteiger partial charge in [0.1, 0.15) is 0 Å². The molecule has 0 nitrogen and oxygen atoms in total. The highest BCUT2D eigenvalue weighted by Crippen LogP contribution is 2.38. The minimum atomic E-state index is 1.14. The van der Waals surface area contributed by atoms with E-state index in [1.807, 2.05) is 11.3 Å². The normalized spacial score (nSPS) is 11.6. The van der Waals surface area contributed by atoms with Gasteiger partial charge >= 0.3 is 0 Å². The lowest BCUT2D eigenvalue weighted by atomic mass is 10.0. The maximum Gasteiger partial charge on any atom is 0.0361 e. The summed E-state index contributed by atoms with van der Waals surface area (Å²) in [5.41, 5.74) is 0. The van der Waals surface area contributed by atoms with E-state index in [0.717, 1.165) is 4.47 Å². The smallest absolute Gasteiger partial charge is 0.0361 e. The molecular weight excluding hydrogens is 304 g/mol. The first-order chi connectivity index (χ1) is 8.83. The third-order valence-electron chi connectivity index (χ3n) is 3.32. The highest BCUT2D eigenvalue weighted by molar-refractivity contribution is 9.10. The Morgan fingerprint density at radius 2 is 1.61 bits per heavy atom. The number of benzene rings is 3. The number of thiophene rings is 1. The Morgan fingerprint density at radius 1 is 0.778 bits per heavy atom. The molecule has 1 heterocycles.